The molecule has 3 nitrogen and oxygen atoms in total. The molecule has 106 valence electrons. The average Bonchev–Trinajstić information content (AvgIpc) is 2.59. The molecule has 0 aromatic rings. The van der Waals surface area contributed by atoms with Gasteiger partial charge in [0, 0.05) is 18.5 Å². The molecule has 2 bridgehead atoms. The summed E-state index contributed by atoms with van der Waals surface area (Å²) in [5.41, 5.74) is 0.371. The van der Waals surface area contributed by atoms with E-state index in [1.165, 1.54) is 12.0 Å². The maximum absolute atomic E-state index is 11.6. The highest BCUT2D eigenvalue weighted by Gasteiger charge is 2.67. The summed E-state index contributed by atoms with van der Waals surface area (Å²) >= 11 is 0. The van der Waals surface area contributed by atoms with Crippen LogP contribution in [0.4, 0.5) is 0 Å². The highest BCUT2D eigenvalue weighted by Crippen LogP contribution is 2.66. The summed E-state index contributed by atoms with van der Waals surface area (Å²) in [6, 6.07) is 0. The minimum atomic E-state index is -0.687. The largest absolute Gasteiger partial charge is 0.389 e. The van der Waals surface area contributed by atoms with Gasteiger partial charge in [-0.3, -0.25) is 4.90 Å². The monoisotopic (exact) mass is 263 g/mol. The number of hydrogen-bond donors (Lipinski definition) is 2. The van der Waals surface area contributed by atoms with Crippen LogP contribution in [0, 0.1) is 17.3 Å². The van der Waals surface area contributed by atoms with Crippen molar-refractivity contribution in [2.24, 2.45) is 17.3 Å². The van der Waals surface area contributed by atoms with Crippen molar-refractivity contribution in [3.8, 4) is 0 Å². The Bertz CT molecular complexity index is 434. The van der Waals surface area contributed by atoms with E-state index in [0.29, 0.717) is 11.8 Å². The zero-order valence-corrected chi connectivity index (χ0v) is 11.8. The number of nitrogens with zero attached hydrogens (tertiary/aromatic N) is 1. The first-order chi connectivity index (χ1) is 9.08. The van der Waals surface area contributed by atoms with E-state index in [4.69, 9.17) is 0 Å². The van der Waals surface area contributed by atoms with Crippen LogP contribution < -0.4 is 0 Å². The summed E-state index contributed by atoms with van der Waals surface area (Å²) < 4.78 is 0. The predicted octanol–water partition coefficient (Wildman–Crippen LogP) is 1.90. The minimum Gasteiger partial charge on any atom is -0.389 e. The lowest BCUT2D eigenvalue weighted by molar-refractivity contribution is -0.242. The Morgan fingerprint density at radius 1 is 1.32 bits per heavy atom. The van der Waals surface area contributed by atoms with Crippen LogP contribution in [0.3, 0.4) is 0 Å². The van der Waals surface area contributed by atoms with Crippen molar-refractivity contribution in [1.82, 2.24) is 4.90 Å². The predicted molar refractivity (Wildman–Crippen MR) is 73.4 cm³/mol. The van der Waals surface area contributed by atoms with Crippen LogP contribution in [-0.2, 0) is 0 Å². The first-order valence-corrected chi connectivity index (χ1v) is 7.94. The normalized spacial score (nSPS) is 56.3. The minimum absolute atomic E-state index is 0.131. The molecule has 3 heteroatoms. The topological polar surface area (TPSA) is 43.7 Å². The fourth-order valence-electron chi connectivity index (χ4n) is 5.91. The van der Waals surface area contributed by atoms with Crippen LogP contribution in [0.15, 0.2) is 11.6 Å². The van der Waals surface area contributed by atoms with Gasteiger partial charge in [0.15, 0.2) is 0 Å². The molecule has 0 radical (unpaired) electrons. The smallest absolute Gasteiger partial charge is 0.128 e. The van der Waals surface area contributed by atoms with Crippen molar-refractivity contribution >= 4 is 0 Å². The molecule has 4 aliphatic rings. The Kier molecular flexibility index (Phi) is 2.50. The second kappa shape index (κ2) is 3.84. The summed E-state index contributed by atoms with van der Waals surface area (Å²) in [7, 11) is 0. The van der Waals surface area contributed by atoms with E-state index >= 15 is 0 Å². The van der Waals surface area contributed by atoms with Crippen molar-refractivity contribution in [1.29, 1.82) is 0 Å². The maximum atomic E-state index is 11.6. The number of hydrogen-bond acceptors (Lipinski definition) is 3. The molecular formula is C16H25NO2. The van der Waals surface area contributed by atoms with E-state index < -0.39 is 5.72 Å². The van der Waals surface area contributed by atoms with E-state index in [1.807, 2.05) is 0 Å². The summed E-state index contributed by atoms with van der Waals surface area (Å²) in [5, 5.41) is 22.1. The van der Waals surface area contributed by atoms with Gasteiger partial charge in [0.05, 0.1) is 6.10 Å². The quantitative estimate of drug-likeness (QED) is 0.656. The van der Waals surface area contributed by atoms with Crippen LogP contribution in [0.1, 0.15) is 45.4 Å². The summed E-state index contributed by atoms with van der Waals surface area (Å²) in [4.78, 5) is 2.33. The van der Waals surface area contributed by atoms with E-state index in [2.05, 4.69) is 17.9 Å². The lowest BCUT2D eigenvalue weighted by Crippen LogP contribution is -2.67. The highest BCUT2D eigenvalue weighted by atomic mass is 16.3. The first kappa shape index (κ1) is 12.4. The summed E-state index contributed by atoms with van der Waals surface area (Å²) in [5.74, 6) is 1.04. The molecule has 2 saturated carbocycles. The van der Waals surface area contributed by atoms with Gasteiger partial charge in [0.1, 0.15) is 5.72 Å². The number of aliphatic hydroxyl groups is 2. The number of rotatable bonds is 0. The van der Waals surface area contributed by atoms with Crippen molar-refractivity contribution in [3.63, 3.8) is 0 Å². The van der Waals surface area contributed by atoms with Crippen molar-refractivity contribution in [2.75, 3.05) is 13.1 Å². The molecule has 0 aromatic heterocycles. The fourth-order valence-corrected chi connectivity index (χ4v) is 5.91. The second-order valence-corrected chi connectivity index (χ2v) is 7.32. The third-order valence-corrected chi connectivity index (χ3v) is 6.40. The maximum Gasteiger partial charge on any atom is 0.128 e. The number of piperidine rings is 1. The van der Waals surface area contributed by atoms with Crippen LogP contribution >= 0.6 is 0 Å². The van der Waals surface area contributed by atoms with Crippen molar-refractivity contribution in [3.05, 3.63) is 11.6 Å². The van der Waals surface area contributed by atoms with Crippen molar-refractivity contribution < 1.29 is 10.2 Å². The molecule has 0 amide bonds. The van der Waals surface area contributed by atoms with Gasteiger partial charge in [-0.25, -0.2) is 0 Å². The van der Waals surface area contributed by atoms with Crippen LogP contribution in [0.5, 0.6) is 0 Å². The van der Waals surface area contributed by atoms with Crippen molar-refractivity contribution in [2.45, 2.75) is 57.3 Å². The van der Waals surface area contributed by atoms with E-state index in [0.717, 1.165) is 45.2 Å². The third kappa shape index (κ3) is 1.34. The van der Waals surface area contributed by atoms with Crippen LogP contribution in [-0.4, -0.2) is 40.0 Å². The lowest BCUT2D eigenvalue weighted by atomic mass is 9.55. The van der Waals surface area contributed by atoms with Gasteiger partial charge in [-0.05, 0) is 55.9 Å². The molecule has 0 aromatic carbocycles. The van der Waals surface area contributed by atoms with Gasteiger partial charge >= 0.3 is 0 Å². The van der Waals surface area contributed by atoms with Crippen LogP contribution in [0.25, 0.3) is 0 Å². The molecule has 2 aliphatic carbocycles. The molecule has 4 rings (SSSR count). The lowest BCUT2D eigenvalue weighted by Gasteiger charge is -2.61. The Morgan fingerprint density at radius 2 is 2.16 bits per heavy atom. The highest BCUT2D eigenvalue weighted by molar-refractivity contribution is 5.34. The zero-order chi connectivity index (χ0) is 13.3. The summed E-state index contributed by atoms with van der Waals surface area (Å²) in [6.07, 6.45) is 8.09. The number of aliphatic hydroxyl groups excluding tert-OH is 1. The standard InChI is InChI=1S/C16H25NO2/c1-11-8-12-9-14(18)13-4-2-6-17-7-3-5-15(12,13)16(17,19)10-11/h4,11-12,14,18-19H,2-3,5-10H2,1H3/t11-,12-,14-,15-,16+/m0/s1. The molecule has 6 atom stereocenters. The molecule has 1 saturated heterocycles. The third-order valence-electron chi connectivity index (χ3n) is 6.40. The average molecular weight is 263 g/mol. The van der Waals surface area contributed by atoms with E-state index in [9.17, 15) is 10.2 Å². The SMILES string of the molecule is C[C@H]1C[C@H]2C[C@H](O)C3=CCCN4CCC[C@@]32[C@]4(O)C1. The molecule has 2 aliphatic heterocycles. The zero-order valence-electron chi connectivity index (χ0n) is 11.8. The summed E-state index contributed by atoms with van der Waals surface area (Å²) in [6.45, 7) is 4.24. The Labute approximate surface area is 115 Å². The molecule has 2 N–H and O–H groups in total. The van der Waals surface area contributed by atoms with Gasteiger partial charge in [-0.15, -0.1) is 0 Å². The second-order valence-electron chi connectivity index (χ2n) is 7.32. The van der Waals surface area contributed by atoms with Gasteiger partial charge in [-0.1, -0.05) is 13.0 Å². The van der Waals surface area contributed by atoms with Crippen LogP contribution in [0.2, 0.25) is 0 Å². The molecule has 3 fully saturated rings. The Hall–Kier alpha value is -0.380. The van der Waals surface area contributed by atoms with E-state index in [-0.39, 0.29) is 11.5 Å². The Morgan fingerprint density at radius 3 is 3.00 bits per heavy atom. The van der Waals surface area contributed by atoms with Gasteiger partial charge in [0.2, 0.25) is 0 Å². The van der Waals surface area contributed by atoms with Gasteiger partial charge in [-0.2, -0.15) is 0 Å². The van der Waals surface area contributed by atoms with Gasteiger partial charge < -0.3 is 10.2 Å². The Balaban J connectivity index is 1.92. The van der Waals surface area contributed by atoms with Gasteiger partial charge in [0.25, 0.3) is 0 Å². The first-order valence-electron chi connectivity index (χ1n) is 7.94. The molecule has 1 unspecified atom stereocenters. The fraction of sp³-hybridized carbons (Fsp3) is 0.875. The van der Waals surface area contributed by atoms with E-state index in [1.54, 1.807) is 0 Å². The molecule has 19 heavy (non-hydrogen) atoms. The molecule has 2 heterocycles. The molecule has 1 spiro atoms. The molecular weight excluding hydrogens is 238 g/mol.